The highest BCUT2D eigenvalue weighted by Gasteiger charge is 1.93. The fourth-order valence-electron chi connectivity index (χ4n) is 1.08. The lowest BCUT2D eigenvalue weighted by molar-refractivity contribution is 0.979. The molecule has 0 fully saturated rings. The second-order valence-corrected chi connectivity index (χ2v) is 3.32. The van der Waals surface area contributed by atoms with Crippen LogP contribution in [0.5, 0.6) is 0 Å². The van der Waals surface area contributed by atoms with Crippen LogP contribution in [0.15, 0.2) is 30.2 Å². The summed E-state index contributed by atoms with van der Waals surface area (Å²) >= 11 is 0. The van der Waals surface area contributed by atoms with Crippen molar-refractivity contribution in [2.24, 2.45) is 7.05 Å². The van der Waals surface area contributed by atoms with Gasteiger partial charge in [-0.25, -0.2) is 0 Å². The predicted molar refractivity (Wildman–Crippen MR) is 45.4 cm³/mol. The Bertz CT molecular complexity index is 351. The first-order valence-electron chi connectivity index (χ1n) is 3.24. The van der Waals surface area contributed by atoms with Crippen molar-refractivity contribution >= 4 is 18.8 Å². The zero-order valence-corrected chi connectivity index (χ0v) is 6.68. The third kappa shape index (κ3) is 0.748. The summed E-state index contributed by atoms with van der Waals surface area (Å²) in [5.74, 6) is 2.17. The first kappa shape index (κ1) is 5.94. The molecule has 1 heterocycles. The van der Waals surface area contributed by atoms with E-state index in [1.165, 1.54) is 18.8 Å². The van der Waals surface area contributed by atoms with E-state index in [1.807, 2.05) is 0 Å². The lowest BCUT2D eigenvalue weighted by Crippen LogP contribution is -1.81. The molecular weight excluding hydrogens is 141 g/mol. The number of rotatable bonds is 0. The second kappa shape index (κ2) is 2.10. The molecule has 0 unspecified atom stereocenters. The lowest BCUT2D eigenvalue weighted by atomic mass is 10.3. The largest absolute Gasteiger partial charge is 0.346 e. The van der Waals surface area contributed by atoms with Gasteiger partial charge >= 0.3 is 0 Å². The zero-order chi connectivity index (χ0) is 6.97. The van der Waals surface area contributed by atoms with Crippen LogP contribution in [0.2, 0.25) is 0 Å². The van der Waals surface area contributed by atoms with E-state index in [0.29, 0.717) is 0 Å². The van der Waals surface area contributed by atoms with E-state index in [9.17, 15) is 0 Å². The van der Waals surface area contributed by atoms with Crippen LogP contribution in [0.1, 0.15) is 0 Å². The highest BCUT2D eigenvalue weighted by molar-refractivity contribution is 7.36. The smallest absolute Gasteiger partial charge is 0.0527 e. The van der Waals surface area contributed by atoms with Gasteiger partial charge in [-0.1, -0.05) is 12.1 Å². The Hall–Kier alpha value is -0.810. The Balaban J connectivity index is 2.93. The topological polar surface area (TPSA) is 4.93 Å². The fraction of sp³-hybridized carbons (Fsp3) is 0.125. The first-order chi connectivity index (χ1) is 4.88. The quantitative estimate of drug-likeness (QED) is 0.542. The van der Waals surface area contributed by atoms with Gasteiger partial charge < -0.3 is 4.57 Å². The molecule has 1 nitrogen and oxygen atoms in total. The minimum atomic E-state index is 1.32. The van der Waals surface area contributed by atoms with Crippen molar-refractivity contribution in [1.82, 2.24) is 4.57 Å². The van der Waals surface area contributed by atoms with Crippen molar-refractivity contribution in [3.8, 4) is 0 Å². The van der Waals surface area contributed by atoms with Crippen LogP contribution in [0, 0.1) is 0 Å². The number of nitrogens with zero attached hydrogens (tertiary/aromatic N) is 1. The van der Waals surface area contributed by atoms with Crippen molar-refractivity contribution in [3.05, 3.63) is 30.2 Å². The third-order valence-electron chi connectivity index (χ3n) is 1.63. The molecule has 0 aliphatic rings. The average Bonchev–Trinajstić information content (AvgIpc) is 2.34. The Kier molecular flexibility index (Phi) is 1.25. The van der Waals surface area contributed by atoms with Gasteiger partial charge in [0.15, 0.2) is 0 Å². The van der Waals surface area contributed by atoms with Crippen LogP contribution >= 0.6 is 8.19 Å². The van der Waals surface area contributed by atoms with E-state index in [2.05, 4.69) is 41.8 Å². The highest BCUT2D eigenvalue weighted by Crippen LogP contribution is 2.22. The number of fused-ring (bicyclic) bond motifs is 1. The molecule has 0 aliphatic heterocycles. The van der Waals surface area contributed by atoms with E-state index in [-0.39, 0.29) is 0 Å². The van der Waals surface area contributed by atoms with Gasteiger partial charge in [-0.05, 0) is 20.3 Å². The Labute approximate surface area is 61.4 Å². The fourth-order valence-corrected chi connectivity index (χ4v) is 2.04. The van der Waals surface area contributed by atoms with Crippen LogP contribution in [-0.2, 0) is 7.05 Å². The standard InChI is InChI=1S/C8H8NP/c1-9-6-10-8-5-3-2-4-7(8)9/h2-6H,1H3. The SMILES string of the molecule is Cn1cpc2ccccc21. The molecule has 0 spiro atoms. The number of aryl methyl sites for hydroxylation is 1. The maximum absolute atomic E-state index is 2.17. The van der Waals surface area contributed by atoms with Crippen molar-refractivity contribution in [3.63, 3.8) is 0 Å². The number of benzene rings is 1. The minimum Gasteiger partial charge on any atom is -0.346 e. The minimum absolute atomic E-state index is 1.32. The van der Waals surface area contributed by atoms with Gasteiger partial charge in [0.2, 0.25) is 0 Å². The number of hydrogen-bond acceptors (Lipinski definition) is 0. The molecule has 0 N–H and O–H groups in total. The molecule has 50 valence electrons. The van der Waals surface area contributed by atoms with Gasteiger partial charge in [0, 0.05) is 18.1 Å². The van der Waals surface area contributed by atoms with Gasteiger partial charge in [0.25, 0.3) is 0 Å². The Morgan fingerprint density at radius 2 is 2.10 bits per heavy atom. The summed E-state index contributed by atoms with van der Waals surface area (Å²) in [5, 5.41) is 1.41. The molecule has 2 heteroatoms. The van der Waals surface area contributed by atoms with Crippen molar-refractivity contribution in [2.75, 3.05) is 0 Å². The van der Waals surface area contributed by atoms with Crippen LogP contribution in [-0.4, -0.2) is 4.57 Å². The summed E-state index contributed by atoms with van der Waals surface area (Å²) in [6.45, 7) is 0. The molecule has 0 amide bonds. The molecule has 0 aliphatic carbocycles. The predicted octanol–water partition coefficient (Wildman–Crippen LogP) is 2.76. The monoisotopic (exact) mass is 149 g/mol. The molecule has 2 rings (SSSR count). The summed E-state index contributed by atoms with van der Waals surface area (Å²) in [6, 6.07) is 8.46. The molecule has 0 atom stereocenters. The van der Waals surface area contributed by atoms with Crippen LogP contribution in [0.4, 0.5) is 0 Å². The second-order valence-electron chi connectivity index (χ2n) is 2.34. The van der Waals surface area contributed by atoms with Crippen LogP contribution in [0.3, 0.4) is 0 Å². The van der Waals surface area contributed by atoms with E-state index < -0.39 is 0 Å². The van der Waals surface area contributed by atoms with Gasteiger partial charge in [0.05, 0.1) is 5.52 Å². The molecule has 2 aromatic rings. The van der Waals surface area contributed by atoms with E-state index in [4.69, 9.17) is 0 Å². The van der Waals surface area contributed by atoms with Gasteiger partial charge in [-0.15, -0.1) is 0 Å². The Morgan fingerprint density at radius 3 is 2.90 bits per heavy atom. The van der Waals surface area contributed by atoms with Crippen LogP contribution < -0.4 is 0 Å². The van der Waals surface area contributed by atoms with Gasteiger partial charge in [-0.3, -0.25) is 0 Å². The number of aromatic nitrogens is 1. The zero-order valence-electron chi connectivity index (χ0n) is 5.78. The summed E-state index contributed by atoms with van der Waals surface area (Å²) in [7, 11) is 3.40. The van der Waals surface area contributed by atoms with E-state index in [0.717, 1.165) is 0 Å². The lowest BCUT2D eigenvalue weighted by Gasteiger charge is -1.91. The van der Waals surface area contributed by atoms with Crippen molar-refractivity contribution in [1.29, 1.82) is 0 Å². The molecule has 10 heavy (non-hydrogen) atoms. The molecule has 1 aromatic heterocycles. The summed E-state index contributed by atoms with van der Waals surface area (Å²) in [5.41, 5.74) is 1.34. The number of para-hydroxylation sites is 1. The molecule has 0 radical (unpaired) electrons. The average molecular weight is 149 g/mol. The van der Waals surface area contributed by atoms with Crippen molar-refractivity contribution < 1.29 is 0 Å². The third-order valence-corrected chi connectivity index (χ3v) is 2.75. The molecular formula is C8H8NP. The summed E-state index contributed by atoms with van der Waals surface area (Å²) in [6.07, 6.45) is 0. The summed E-state index contributed by atoms with van der Waals surface area (Å²) in [4.78, 5) is 0. The van der Waals surface area contributed by atoms with Crippen LogP contribution in [0.25, 0.3) is 10.6 Å². The Morgan fingerprint density at radius 1 is 1.30 bits per heavy atom. The normalized spacial score (nSPS) is 11.3. The van der Waals surface area contributed by atoms with Gasteiger partial charge in [-0.2, -0.15) is 0 Å². The summed E-state index contributed by atoms with van der Waals surface area (Å²) < 4.78 is 2.16. The van der Waals surface area contributed by atoms with E-state index in [1.54, 1.807) is 0 Å². The van der Waals surface area contributed by atoms with Crippen molar-refractivity contribution in [2.45, 2.75) is 0 Å². The highest BCUT2D eigenvalue weighted by atomic mass is 31.0. The van der Waals surface area contributed by atoms with E-state index >= 15 is 0 Å². The number of hydrogen-bond donors (Lipinski definition) is 0. The maximum atomic E-state index is 2.17. The molecule has 0 saturated carbocycles. The van der Waals surface area contributed by atoms with Gasteiger partial charge in [0.1, 0.15) is 0 Å². The molecule has 0 saturated heterocycles. The first-order valence-corrected chi connectivity index (χ1v) is 4.20. The maximum Gasteiger partial charge on any atom is 0.0527 e. The molecule has 1 aromatic carbocycles. The molecule has 0 bridgehead atoms.